The number of hydrogen-bond donors (Lipinski definition) is 2. The van der Waals surface area contributed by atoms with Gasteiger partial charge in [0.05, 0.1) is 18.2 Å². The number of tetrazole rings is 1. The second-order valence-electron chi connectivity index (χ2n) is 6.71. The number of amides is 1. The molecule has 0 saturated heterocycles. The van der Waals surface area contributed by atoms with E-state index in [2.05, 4.69) is 31.0 Å². The van der Waals surface area contributed by atoms with Crippen LogP contribution in [-0.2, 0) is 30.7 Å². The maximum Gasteiger partial charge on any atom is 0.231 e. The van der Waals surface area contributed by atoms with Crippen molar-refractivity contribution in [1.29, 1.82) is 0 Å². The molecule has 0 fully saturated rings. The molecule has 0 unspecified atom stereocenters. The SMILES string of the molecule is O=C(NCc1n[nH]c2c1CCCCC2)[C@H]1CCCCn2nnnc21. The fourth-order valence-corrected chi connectivity index (χ4v) is 3.77. The highest BCUT2D eigenvalue weighted by Crippen LogP contribution is 2.25. The first kappa shape index (κ1) is 15.3. The Balaban J connectivity index is 1.45. The van der Waals surface area contributed by atoms with Gasteiger partial charge in [-0.25, -0.2) is 4.68 Å². The Bertz CT molecular complexity index is 720. The van der Waals surface area contributed by atoms with Crippen LogP contribution in [0.25, 0.3) is 0 Å². The van der Waals surface area contributed by atoms with Gasteiger partial charge in [0.25, 0.3) is 0 Å². The van der Waals surface area contributed by atoms with Gasteiger partial charge in [-0.15, -0.1) is 5.10 Å². The van der Waals surface area contributed by atoms with Crippen LogP contribution < -0.4 is 5.32 Å². The third-order valence-corrected chi connectivity index (χ3v) is 5.12. The van der Waals surface area contributed by atoms with E-state index in [1.54, 1.807) is 4.68 Å². The molecule has 1 atom stereocenters. The maximum atomic E-state index is 12.7. The lowest BCUT2D eigenvalue weighted by Gasteiger charge is -2.13. The number of carbonyl (C=O) groups excluding carboxylic acids is 1. The van der Waals surface area contributed by atoms with Crippen molar-refractivity contribution in [2.75, 3.05) is 0 Å². The Kier molecular flexibility index (Phi) is 4.27. The second kappa shape index (κ2) is 6.70. The van der Waals surface area contributed by atoms with E-state index < -0.39 is 0 Å². The van der Waals surface area contributed by atoms with Crippen molar-refractivity contribution in [2.24, 2.45) is 0 Å². The summed E-state index contributed by atoms with van der Waals surface area (Å²) in [7, 11) is 0. The van der Waals surface area contributed by atoms with Gasteiger partial charge in [-0.1, -0.05) is 12.8 Å². The van der Waals surface area contributed by atoms with Crippen LogP contribution in [0.15, 0.2) is 0 Å². The molecule has 128 valence electrons. The average Bonchev–Trinajstić information content (AvgIpc) is 3.06. The highest BCUT2D eigenvalue weighted by atomic mass is 16.1. The Morgan fingerprint density at radius 2 is 2.12 bits per heavy atom. The highest BCUT2D eigenvalue weighted by Gasteiger charge is 2.28. The van der Waals surface area contributed by atoms with Crippen LogP contribution >= 0.6 is 0 Å². The Hall–Kier alpha value is -2.25. The molecule has 0 saturated carbocycles. The van der Waals surface area contributed by atoms with Crippen molar-refractivity contribution in [3.05, 3.63) is 22.8 Å². The molecule has 8 nitrogen and oxygen atoms in total. The molecule has 0 spiro atoms. The van der Waals surface area contributed by atoms with Gasteiger partial charge in [0.2, 0.25) is 5.91 Å². The number of nitrogens with zero attached hydrogens (tertiary/aromatic N) is 5. The number of hydrogen-bond acceptors (Lipinski definition) is 5. The molecule has 2 aromatic rings. The number of H-pyrrole nitrogens is 1. The van der Waals surface area contributed by atoms with Gasteiger partial charge in [0.1, 0.15) is 0 Å². The van der Waals surface area contributed by atoms with Gasteiger partial charge < -0.3 is 5.32 Å². The number of nitrogens with one attached hydrogen (secondary N) is 2. The smallest absolute Gasteiger partial charge is 0.231 e. The lowest BCUT2D eigenvalue weighted by molar-refractivity contribution is -0.123. The molecule has 0 aromatic carbocycles. The molecule has 1 amide bonds. The molecule has 1 aliphatic heterocycles. The first-order chi connectivity index (χ1) is 11.8. The summed E-state index contributed by atoms with van der Waals surface area (Å²) in [6, 6.07) is 0. The van der Waals surface area contributed by atoms with Crippen LogP contribution in [0.4, 0.5) is 0 Å². The zero-order valence-corrected chi connectivity index (χ0v) is 13.8. The molecule has 24 heavy (non-hydrogen) atoms. The van der Waals surface area contributed by atoms with Gasteiger partial charge in [-0.05, 0) is 54.5 Å². The molecule has 0 radical (unpaired) electrons. The normalized spacial score (nSPS) is 20.6. The number of carbonyl (C=O) groups is 1. The van der Waals surface area contributed by atoms with Crippen molar-refractivity contribution in [3.8, 4) is 0 Å². The molecule has 0 bridgehead atoms. The van der Waals surface area contributed by atoms with Crippen molar-refractivity contribution in [3.63, 3.8) is 0 Å². The second-order valence-corrected chi connectivity index (χ2v) is 6.71. The Morgan fingerprint density at radius 3 is 3.08 bits per heavy atom. The quantitative estimate of drug-likeness (QED) is 0.825. The summed E-state index contributed by atoms with van der Waals surface area (Å²) < 4.78 is 1.76. The summed E-state index contributed by atoms with van der Waals surface area (Å²) in [5.41, 5.74) is 3.53. The first-order valence-corrected chi connectivity index (χ1v) is 8.91. The monoisotopic (exact) mass is 329 g/mol. The largest absolute Gasteiger partial charge is 0.350 e. The van der Waals surface area contributed by atoms with E-state index in [0.717, 1.165) is 44.3 Å². The minimum atomic E-state index is -0.264. The Labute approximate surface area is 140 Å². The summed E-state index contributed by atoms with van der Waals surface area (Å²) in [6.07, 6.45) is 8.60. The lowest BCUT2D eigenvalue weighted by Crippen LogP contribution is -2.30. The highest BCUT2D eigenvalue weighted by molar-refractivity contribution is 5.82. The van der Waals surface area contributed by atoms with E-state index >= 15 is 0 Å². The van der Waals surface area contributed by atoms with Gasteiger partial charge in [-0.2, -0.15) is 5.10 Å². The predicted molar refractivity (Wildman–Crippen MR) is 86.1 cm³/mol. The summed E-state index contributed by atoms with van der Waals surface area (Å²) in [4.78, 5) is 12.7. The molecule has 8 heteroatoms. The van der Waals surface area contributed by atoms with Crippen LogP contribution in [0.3, 0.4) is 0 Å². The summed E-state index contributed by atoms with van der Waals surface area (Å²) in [6.45, 7) is 1.27. The fourth-order valence-electron chi connectivity index (χ4n) is 3.77. The van der Waals surface area contributed by atoms with E-state index in [9.17, 15) is 4.79 Å². The van der Waals surface area contributed by atoms with Crippen LogP contribution in [0.5, 0.6) is 0 Å². The van der Waals surface area contributed by atoms with Gasteiger partial charge in [0, 0.05) is 12.2 Å². The third-order valence-electron chi connectivity index (χ3n) is 5.12. The van der Waals surface area contributed by atoms with Crippen LogP contribution in [0.2, 0.25) is 0 Å². The van der Waals surface area contributed by atoms with E-state index in [0.29, 0.717) is 12.4 Å². The summed E-state index contributed by atoms with van der Waals surface area (Å²) in [5.74, 6) is 0.421. The molecule has 4 rings (SSSR count). The zero-order valence-electron chi connectivity index (χ0n) is 13.8. The minimum Gasteiger partial charge on any atom is -0.350 e. The zero-order chi connectivity index (χ0) is 16.4. The average molecular weight is 329 g/mol. The van der Waals surface area contributed by atoms with Gasteiger partial charge in [0.15, 0.2) is 5.82 Å². The standard InChI is InChI=1S/C16H23N7O/c24-16(12-7-4-5-9-23-15(12)20-21-22-23)17-10-14-11-6-2-1-3-8-13(11)18-19-14/h12H,1-10H2,(H,17,24)(H,18,19)/t12-/m0/s1. The van der Waals surface area contributed by atoms with Crippen LogP contribution in [0, 0.1) is 0 Å². The molecule has 2 aliphatic rings. The fraction of sp³-hybridized carbons (Fsp3) is 0.688. The van der Waals surface area contributed by atoms with E-state index in [1.165, 1.54) is 30.5 Å². The molecular formula is C16H23N7O. The number of aryl methyl sites for hydroxylation is 2. The third kappa shape index (κ3) is 2.92. The van der Waals surface area contributed by atoms with E-state index in [4.69, 9.17) is 0 Å². The van der Waals surface area contributed by atoms with Crippen molar-refractivity contribution >= 4 is 5.91 Å². The maximum absolute atomic E-state index is 12.7. The number of rotatable bonds is 3. The number of fused-ring (bicyclic) bond motifs is 2. The van der Waals surface area contributed by atoms with Gasteiger partial charge in [-0.3, -0.25) is 9.89 Å². The molecule has 2 aromatic heterocycles. The van der Waals surface area contributed by atoms with Crippen LogP contribution in [-0.4, -0.2) is 36.3 Å². The molecular weight excluding hydrogens is 306 g/mol. The van der Waals surface area contributed by atoms with E-state index in [-0.39, 0.29) is 11.8 Å². The lowest BCUT2D eigenvalue weighted by atomic mass is 10.0. The van der Waals surface area contributed by atoms with Crippen LogP contribution in [0.1, 0.15) is 67.2 Å². The van der Waals surface area contributed by atoms with E-state index in [1.807, 2.05) is 0 Å². The summed E-state index contributed by atoms with van der Waals surface area (Å²) in [5, 5.41) is 22.4. The molecule has 3 heterocycles. The number of aromatic amines is 1. The van der Waals surface area contributed by atoms with Crippen molar-refractivity contribution < 1.29 is 4.79 Å². The minimum absolute atomic E-state index is 0.00155. The summed E-state index contributed by atoms with van der Waals surface area (Å²) >= 11 is 0. The first-order valence-electron chi connectivity index (χ1n) is 8.91. The topological polar surface area (TPSA) is 101 Å². The molecule has 1 aliphatic carbocycles. The Morgan fingerprint density at radius 1 is 1.21 bits per heavy atom. The molecule has 2 N–H and O–H groups in total. The van der Waals surface area contributed by atoms with Gasteiger partial charge >= 0.3 is 0 Å². The van der Waals surface area contributed by atoms with Crippen molar-refractivity contribution in [1.82, 2.24) is 35.7 Å². The number of aromatic nitrogens is 6. The predicted octanol–water partition coefficient (Wildman–Crippen LogP) is 1.25. The van der Waals surface area contributed by atoms with Crippen molar-refractivity contribution in [2.45, 2.75) is 70.4 Å².